The maximum atomic E-state index is 12.9. The summed E-state index contributed by atoms with van der Waals surface area (Å²) in [6.45, 7) is 3.75. The molecule has 3 rings (SSSR count). The molecule has 2 aromatic carbocycles. The number of urea groups is 1. The maximum Gasteiger partial charge on any atom is 0.344 e. The zero-order chi connectivity index (χ0) is 19.4. The van der Waals surface area contributed by atoms with E-state index in [0.717, 1.165) is 16.1 Å². The van der Waals surface area contributed by atoms with Crippen LogP contribution < -0.4 is 10.7 Å². The summed E-state index contributed by atoms with van der Waals surface area (Å²) < 4.78 is 0. The van der Waals surface area contributed by atoms with Crippen molar-refractivity contribution >= 4 is 23.9 Å². The number of benzene rings is 2. The molecule has 138 valence electrons. The van der Waals surface area contributed by atoms with Crippen LogP contribution in [-0.2, 0) is 15.1 Å². The molecule has 1 aliphatic heterocycles. The van der Waals surface area contributed by atoms with Gasteiger partial charge in [0, 0.05) is 6.08 Å². The molecule has 1 aliphatic rings. The monoisotopic (exact) mass is 363 g/mol. The van der Waals surface area contributed by atoms with E-state index in [4.69, 9.17) is 0 Å². The van der Waals surface area contributed by atoms with Crippen molar-refractivity contribution in [2.24, 2.45) is 0 Å². The first-order chi connectivity index (χ1) is 13.0. The van der Waals surface area contributed by atoms with Gasteiger partial charge in [0.1, 0.15) is 5.54 Å². The molecule has 2 N–H and O–H groups in total. The summed E-state index contributed by atoms with van der Waals surface area (Å²) in [6, 6.07) is 16.0. The molecule has 6 nitrogen and oxygen atoms in total. The Hall–Kier alpha value is -3.41. The average Bonchev–Trinajstić information content (AvgIpc) is 2.93. The third-order valence-corrected chi connectivity index (χ3v) is 4.71. The second kappa shape index (κ2) is 7.45. The molecular formula is C21H21N3O3. The largest absolute Gasteiger partial charge is 0.344 e. The minimum Gasteiger partial charge on any atom is -0.318 e. The average molecular weight is 363 g/mol. The Kier molecular flexibility index (Phi) is 5.07. The third-order valence-electron chi connectivity index (χ3n) is 4.71. The number of hydrogen-bond donors (Lipinski definition) is 2. The lowest BCUT2D eigenvalue weighted by molar-refractivity contribution is -0.138. The highest BCUT2D eigenvalue weighted by atomic mass is 16.2. The van der Waals surface area contributed by atoms with Gasteiger partial charge in [0.25, 0.3) is 11.8 Å². The van der Waals surface area contributed by atoms with Gasteiger partial charge in [-0.15, -0.1) is 0 Å². The summed E-state index contributed by atoms with van der Waals surface area (Å²) in [7, 11) is 0. The van der Waals surface area contributed by atoms with Crippen molar-refractivity contribution < 1.29 is 14.4 Å². The summed E-state index contributed by atoms with van der Waals surface area (Å²) in [5.41, 5.74) is 3.78. The molecule has 1 fully saturated rings. The van der Waals surface area contributed by atoms with Crippen molar-refractivity contribution in [1.82, 2.24) is 15.8 Å². The first-order valence-electron chi connectivity index (χ1n) is 8.74. The number of carbonyl (C=O) groups is 3. The normalized spacial score (nSPS) is 19.4. The van der Waals surface area contributed by atoms with Crippen LogP contribution in [0.15, 0.2) is 60.7 Å². The fraction of sp³-hybridized carbons (Fsp3) is 0.190. The number of hydrazine groups is 1. The minimum atomic E-state index is -1.18. The van der Waals surface area contributed by atoms with E-state index < -0.39 is 23.4 Å². The Morgan fingerprint density at radius 1 is 1.11 bits per heavy atom. The van der Waals surface area contributed by atoms with Gasteiger partial charge in [-0.05, 0) is 36.1 Å². The van der Waals surface area contributed by atoms with E-state index in [-0.39, 0.29) is 0 Å². The van der Waals surface area contributed by atoms with Crippen LogP contribution in [0.2, 0.25) is 0 Å². The highest BCUT2D eigenvalue weighted by molar-refractivity contribution is 6.09. The Morgan fingerprint density at radius 2 is 1.78 bits per heavy atom. The zero-order valence-corrected chi connectivity index (χ0v) is 15.2. The fourth-order valence-electron chi connectivity index (χ4n) is 3.13. The predicted octanol–water partition coefficient (Wildman–Crippen LogP) is 2.90. The van der Waals surface area contributed by atoms with E-state index in [0.29, 0.717) is 12.0 Å². The fourth-order valence-corrected chi connectivity index (χ4v) is 3.13. The summed E-state index contributed by atoms with van der Waals surface area (Å²) in [5, 5.41) is 3.47. The molecule has 0 bridgehead atoms. The van der Waals surface area contributed by atoms with E-state index in [2.05, 4.69) is 10.7 Å². The molecule has 1 atom stereocenters. The van der Waals surface area contributed by atoms with Crippen molar-refractivity contribution in [3.05, 3.63) is 77.4 Å². The molecule has 0 aromatic heterocycles. The second-order valence-corrected chi connectivity index (χ2v) is 6.36. The molecule has 0 aliphatic carbocycles. The Labute approximate surface area is 157 Å². The number of rotatable bonds is 5. The molecule has 0 unspecified atom stereocenters. The van der Waals surface area contributed by atoms with Gasteiger partial charge in [0.05, 0.1) is 0 Å². The molecular weight excluding hydrogens is 342 g/mol. The van der Waals surface area contributed by atoms with Crippen LogP contribution in [0, 0.1) is 6.92 Å². The molecule has 0 radical (unpaired) electrons. The predicted molar refractivity (Wildman–Crippen MR) is 102 cm³/mol. The van der Waals surface area contributed by atoms with Gasteiger partial charge in [-0.2, -0.15) is 5.01 Å². The van der Waals surface area contributed by atoms with E-state index in [9.17, 15) is 14.4 Å². The van der Waals surface area contributed by atoms with Crippen LogP contribution in [0.4, 0.5) is 4.79 Å². The number of imide groups is 1. The molecule has 27 heavy (non-hydrogen) atoms. The van der Waals surface area contributed by atoms with E-state index in [1.165, 1.54) is 6.08 Å². The summed E-state index contributed by atoms with van der Waals surface area (Å²) >= 11 is 0. The smallest absolute Gasteiger partial charge is 0.318 e. The number of amides is 4. The van der Waals surface area contributed by atoms with Gasteiger partial charge in [-0.3, -0.25) is 15.0 Å². The van der Waals surface area contributed by atoms with Crippen molar-refractivity contribution in [2.45, 2.75) is 25.8 Å². The van der Waals surface area contributed by atoms with Crippen molar-refractivity contribution in [3.8, 4) is 0 Å². The van der Waals surface area contributed by atoms with Crippen LogP contribution in [0.1, 0.15) is 30.0 Å². The van der Waals surface area contributed by atoms with Crippen LogP contribution in [0.5, 0.6) is 0 Å². The van der Waals surface area contributed by atoms with E-state index >= 15 is 0 Å². The summed E-state index contributed by atoms with van der Waals surface area (Å²) in [5.74, 6) is -1.06. The molecule has 2 aromatic rings. The molecule has 1 saturated heterocycles. The number of nitrogens with zero attached hydrogens (tertiary/aromatic N) is 1. The molecule has 0 saturated carbocycles. The lowest BCUT2D eigenvalue weighted by atomic mass is 9.87. The standard InChI is InChI=1S/C21H21N3O3/c1-3-21(17-11-5-4-6-12-17)19(26)24(20(27)22-21)23-18(25)14-13-16-10-8-7-9-15(16)2/h4-14H,3H2,1-2H3,(H,22,27)(H,23,25)/b14-13+/t21-/m1/s1. The van der Waals surface area contributed by atoms with Crippen molar-refractivity contribution in [2.75, 3.05) is 0 Å². The Morgan fingerprint density at radius 3 is 2.44 bits per heavy atom. The van der Waals surface area contributed by atoms with Gasteiger partial charge in [0.15, 0.2) is 0 Å². The van der Waals surface area contributed by atoms with Crippen LogP contribution >= 0.6 is 0 Å². The van der Waals surface area contributed by atoms with E-state index in [1.54, 1.807) is 30.3 Å². The Balaban J connectivity index is 1.78. The maximum absolute atomic E-state index is 12.9. The van der Waals surface area contributed by atoms with Gasteiger partial charge >= 0.3 is 6.03 Å². The summed E-state index contributed by atoms with van der Waals surface area (Å²) in [4.78, 5) is 37.5. The quantitative estimate of drug-likeness (QED) is 0.633. The van der Waals surface area contributed by atoms with Crippen molar-refractivity contribution in [1.29, 1.82) is 0 Å². The molecule has 6 heteroatoms. The van der Waals surface area contributed by atoms with Gasteiger partial charge in [-0.25, -0.2) is 4.79 Å². The first kappa shape index (κ1) is 18.4. The number of aryl methyl sites for hydroxylation is 1. The van der Waals surface area contributed by atoms with Gasteiger partial charge in [0.2, 0.25) is 0 Å². The first-order valence-corrected chi connectivity index (χ1v) is 8.74. The summed E-state index contributed by atoms with van der Waals surface area (Å²) in [6.07, 6.45) is 3.32. The van der Waals surface area contributed by atoms with E-state index in [1.807, 2.05) is 44.2 Å². The molecule has 1 heterocycles. The second-order valence-electron chi connectivity index (χ2n) is 6.36. The highest BCUT2D eigenvalue weighted by Crippen LogP contribution is 2.31. The lowest BCUT2D eigenvalue weighted by Crippen LogP contribution is -2.48. The Bertz CT molecular complexity index is 908. The SMILES string of the molecule is CC[C@]1(c2ccccc2)NC(=O)N(NC(=O)/C=C/c2ccccc2C)C1=O. The van der Waals surface area contributed by atoms with Crippen LogP contribution in [-0.4, -0.2) is 22.9 Å². The van der Waals surface area contributed by atoms with Gasteiger partial charge < -0.3 is 5.32 Å². The lowest BCUT2D eigenvalue weighted by Gasteiger charge is -2.25. The number of hydrogen-bond acceptors (Lipinski definition) is 3. The molecule has 0 spiro atoms. The molecule has 4 amide bonds. The van der Waals surface area contributed by atoms with Crippen LogP contribution in [0.25, 0.3) is 6.08 Å². The zero-order valence-electron chi connectivity index (χ0n) is 15.2. The highest BCUT2D eigenvalue weighted by Gasteiger charge is 2.52. The third kappa shape index (κ3) is 3.46. The minimum absolute atomic E-state index is 0.368. The van der Waals surface area contributed by atoms with Crippen LogP contribution in [0.3, 0.4) is 0 Å². The van der Waals surface area contributed by atoms with Gasteiger partial charge in [-0.1, -0.05) is 61.5 Å². The van der Waals surface area contributed by atoms with Crippen molar-refractivity contribution in [3.63, 3.8) is 0 Å². The topological polar surface area (TPSA) is 78.5 Å². The number of carbonyl (C=O) groups excluding carboxylic acids is 3. The number of nitrogens with one attached hydrogen (secondary N) is 2.